The molecule has 1 heterocycles. The number of hydrogen-bond donors (Lipinski definition) is 2. The van der Waals surface area contributed by atoms with E-state index in [2.05, 4.69) is 31.1 Å². The number of nitrogens with two attached hydrogens (primary N) is 1. The quantitative estimate of drug-likeness (QED) is 0.811. The van der Waals surface area contributed by atoms with Gasteiger partial charge >= 0.3 is 0 Å². The Kier molecular flexibility index (Phi) is 6.82. The highest BCUT2D eigenvalue weighted by Gasteiger charge is 2.24. The molecular weight excluding hydrogens is 262 g/mol. The molecule has 0 saturated heterocycles. The minimum atomic E-state index is 0.0168. The highest BCUT2D eigenvalue weighted by Crippen LogP contribution is 2.32. The number of nitrogens with zero attached hydrogens (tertiary/aromatic N) is 1. The average molecular weight is 291 g/mol. The van der Waals surface area contributed by atoms with Crippen LogP contribution in [0.2, 0.25) is 0 Å². The predicted octanol–water partition coefficient (Wildman–Crippen LogP) is 3.05. The number of nitrogens with one attached hydrogen (secondary N) is 1. The molecular formula is C17H29N3O. The molecule has 4 heteroatoms. The fourth-order valence-corrected chi connectivity index (χ4v) is 2.57. The first-order chi connectivity index (χ1) is 9.84. The fraction of sp³-hybridized carbons (Fsp3) is 0.647. The average Bonchev–Trinajstić information content (AvgIpc) is 2.43. The van der Waals surface area contributed by atoms with Crippen LogP contribution in [0.3, 0.4) is 0 Å². The van der Waals surface area contributed by atoms with Crippen LogP contribution >= 0.6 is 0 Å². The summed E-state index contributed by atoms with van der Waals surface area (Å²) in [5.41, 5.74) is 6.95. The Morgan fingerprint density at radius 3 is 2.43 bits per heavy atom. The van der Waals surface area contributed by atoms with Gasteiger partial charge in [-0.05, 0) is 55.3 Å². The van der Waals surface area contributed by atoms with Crippen LogP contribution in [0, 0.1) is 11.3 Å². The van der Waals surface area contributed by atoms with Gasteiger partial charge in [0.1, 0.15) is 0 Å². The Hall–Kier alpha value is -1.42. The van der Waals surface area contributed by atoms with E-state index in [9.17, 15) is 4.79 Å². The first-order valence-electron chi connectivity index (χ1n) is 7.74. The summed E-state index contributed by atoms with van der Waals surface area (Å²) in [4.78, 5) is 16.1. The molecule has 4 nitrogen and oxygen atoms in total. The minimum absolute atomic E-state index is 0.0168. The lowest BCUT2D eigenvalue weighted by Crippen LogP contribution is -2.29. The van der Waals surface area contributed by atoms with Crippen molar-refractivity contribution in [1.29, 1.82) is 0 Å². The van der Waals surface area contributed by atoms with Crippen molar-refractivity contribution in [3.8, 4) is 0 Å². The molecule has 0 bridgehead atoms. The predicted molar refractivity (Wildman–Crippen MR) is 86.6 cm³/mol. The Morgan fingerprint density at radius 1 is 1.29 bits per heavy atom. The molecule has 3 N–H and O–H groups in total. The van der Waals surface area contributed by atoms with Gasteiger partial charge in [0, 0.05) is 18.8 Å². The molecule has 2 atom stereocenters. The Bertz CT molecular complexity index is 425. The smallest absolute Gasteiger partial charge is 0.220 e. The highest BCUT2D eigenvalue weighted by atomic mass is 16.1. The lowest BCUT2D eigenvalue weighted by Gasteiger charge is -2.30. The van der Waals surface area contributed by atoms with Crippen molar-refractivity contribution < 1.29 is 4.79 Å². The van der Waals surface area contributed by atoms with Gasteiger partial charge in [-0.2, -0.15) is 0 Å². The number of pyridine rings is 1. The molecule has 1 aromatic heterocycles. The van der Waals surface area contributed by atoms with E-state index in [1.807, 2.05) is 19.1 Å². The Morgan fingerprint density at radius 2 is 1.90 bits per heavy atom. The molecule has 0 aromatic carbocycles. The summed E-state index contributed by atoms with van der Waals surface area (Å²) in [7, 11) is 0. The largest absolute Gasteiger partial charge is 0.350 e. The van der Waals surface area contributed by atoms with E-state index in [0.29, 0.717) is 18.9 Å². The van der Waals surface area contributed by atoms with Crippen molar-refractivity contribution in [2.24, 2.45) is 17.1 Å². The van der Waals surface area contributed by atoms with Crippen LogP contribution in [-0.4, -0.2) is 17.4 Å². The Labute approximate surface area is 128 Å². The number of hydrogen-bond acceptors (Lipinski definition) is 3. The van der Waals surface area contributed by atoms with Gasteiger partial charge in [0.25, 0.3) is 0 Å². The zero-order valence-electron chi connectivity index (χ0n) is 13.7. The molecule has 0 saturated carbocycles. The maximum atomic E-state index is 12.1. The summed E-state index contributed by atoms with van der Waals surface area (Å²) in [5.74, 6) is 0.579. The summed E-state index contributed by atoms with van der Waals surface area (Å²) in [6.45, 7) is 9.31. The topological polar surface area (TPSA) is 68.0 Å². The maximum absolute atomic E-state index is 12.1. The number of amides is 1. The summed E-state index contributed by atoms with van der Waals surface area (Å²) in [6, 6.07) is 3.87. The maximum Gasteiger partial charge on any atom is 0.220 e. The van der Waals surface area contributed by atoms with E-state index in [-0.39, 0.29) is 17.4 Å². The van der Waals surface area contributed by atoms with Gasteiger partial charge in [-0.3, -0.25) is 9.78 Å². The van der Waals surface area contributed by atoms with Crippen molar-refractivity contribution in [1.82, 2.24) is 10.3 Å². The van der Waals surface area contributed by atoms with Gasteiger partial charge in [0.05, 0.1) is 6.04 Å². The van der Waals surface area contributed by atoms with E-state index in [4.69, 9.17) is 5.73 Å². The van der Waals surface area contributed by atoms with Gasteiger partial charge in [0.15, 0.2) is 0 Å². The fourth-order valence-electron chi connectivity index (χ4n) is 2.57. The van der Waals surface area contributed by atoms with Gasteiger partial charge < -0.3 is 11.1 Å². The molecule has 0 aliphatic carbocycles. The number of rotatable bonds is 7. The van der Waals surface area contributed by atoms with Crippen molar-refractivity contribution in [3.63, 3.8) is 0 Å². The summed E-state index contributed by atoms with van der Waals surface area (Å²) < 4.78 is 0. The summed E-state index contributed by atoms with van der Waals surface area (Å²) in [6.07, 6.45) is 5.90. The number of carbonyl (C=O) groups excluding carboxylic acids is 1. The second-order valence-corrected chi connectivity index (χ2v) is 6.75. The molecule has 1 unspecified atom stereocenters. The van der Waals surface area contributed by atoms with E-state index >= 15 is 0 Å². The SMILES string of the molecule is C[C@H](NC(=O)CCC(CCN)C(C)(C)C)c1ccncc1. The monoisotopic (exact) mass is 291 g/mol. The molecule has 0 radical (unpaired) electrons. The summed E-state index contributed by atoms with van der Waals surface area (Å²) in [5, 5.41) is 3.05. The second-order valence-electron chi connectivity index (χ2n) is 6.75. The van der Waals surface area contributed by atoms with Crippen LogP contribution in [0.15, 0.2) is 24.5 Å². The van der Waals surface area contributed by atoms with Crippen molar-refractivity contribution >= 4 is 5.91 Å². The Balaban J connectivity index is 2.46. The van der Waals surface area contributed by atoms with Crippen molar-refractivity contribution in [3.05, 3.63) is 30.1 Å². The molecule has 0 fully saturated rings. The zero-order valence-corrected chi connectivity index (χ0v) is 13.7. The minimum Gasteiger partial charge on any atom is -0.350 e. The van der Waals surface area contributed by atoms with E-state index in [1.165, 1.54) is 0 Å². The van der Waals surface area contributed by atoms with E-state index in [0.717, 1.165) is 18.4 Å². The van der Waals surface area contributed by atoms with Gasteiger partial charge in [-0.15, -0.1) is 0 Å². The van der Waals surface area contributed by atoms with E-state index < -0.39 is 0 Å². The molecule has 1 amide bonds. The number of carbonyl (C=O) groups is 1. The zero-order chi connectivity index (χ0) is 15.9. The van der Waals surface area contributed by atoms with Gasteiger partial charge in [0.2, 0.25) is 5.91 Å². The first-order valence-corrected chi connectivity index (χ1v) is 7.74. The molecule has 0 spiro atoms. The normalized spacial score (nSPS) is 14.5. The van der Waals surface area contributed by atoms with Crippen molar-refractivity contribution in [2.75, 3.05) is 6.54 Å². The second kappa shape index (κ2) is 8.13. The summed E-state index contributed by atoms with van der Waals surface area (Å²) >= 11 is 0. The first kappa shape index (κ1) is 17.6. The van der Waals surface area contributed by atoms with Crippen LogP contribution in [-0.2, 0) is 4.79 Å². The highest BCUT2D eigenvalue weighted by molar-refractivity contribution is 5.76. The third kappa shape index (κ3) is 6.25. The molecule has 1 aromatic rings. The van der Waals surface area contributed by atoms with Gasteiger partial charge in [-0.25, -0.2) is 0 Å². The van der Waals surface area contributed by atoms with Crippen LogP contribution in [0.5, 0.6) is 0 Å². The van der Waals surface area contributed by atoms with Crippen molar-refractivity contribution in [2.45, 2.75) is 53.0 Å². The standard InChI is InChI=1S/C17H29N3O/c1-13(14-8-11-19-12-9-14)20-16(21)6-5-15(7-10-18)17(2,3)4/h8-9,11-13,15H,5-7,10,18H2,1-4H3,(H,20,21)/t13-,15?/m0/s1. The van der Waals surface area contributed by atoms with Crippen LogP contribution in [0.4, 0.5) is 0 Å². The molecule has 21 heavy (non-hydrogen) atoms. The molecule has 0 aliphatic heterocycles. The third-order valence-corrected chi connectivity index (χ3v) is 4.04. The lowest BCUT2D eigenvalue weighted by atomic mass is 9.76. The molecule has 0 aliphatic rings. The third-order valence-electron chi connectivity index (χ3n) is 4.04. The number of aromatic nitrogens is 1. The van der Waals surface area contributed by atoms with E-state index in [1.54, 1.807) is 12.4 Å². The lowest BCUT2D eigenvalue weighted by molar-refractivity contribution is -0.122. The van der Waals surface area contributed by atoms with Crippen LogP contribution in [0.25, 0.3) is 0 Å². The molecule has 1 rings (SSSR count). The van der Waals surface area contributed by atoms with Gasteiger partial charge in [-0.1, -0.05) is 20.8 Å². The van der Waals surface area contributed by atoms with Crippen LogP contribution < -0.4 is 11.1 Å². The molecule has 118 valence electrons. The van der Waals surface area contributed by atoms with Crippen LogP contribution in [0.1, 0.15) is 58.6 Å².